The number of hydrogen-bond acceptors (Lipinski definition) is 4. The number of nitrogens with zero attached hydrogens (tertiary/aromatic N) is 3. The Morgan fingerprint density at radius 1 is 1.48 bits per heavy atom. The second-order valence-corrected chi connectivity index (χ2v) is 6.04. The van der Waals surface area contributed by atoms with Gasteiger partial charge in [-0.3, -0.25) is 9.48 Å². The number of ether oxygens (including phenoxy) is 1. The summed E-state index contributed by atoms with van der Waals surface area (Å²) in [4.78, 5) is 16.6. The molecule has 0 aliphatic heterocycles. The molecule has 0 radical (unpaired) electrons. The van der Waals surface area contributed by atoms with Gasteiger partial charge in [0.1, 0.15) is 5.15 Å². The Hall–Kier alpha value is -2.08. The lowest BCUT2D eigenvalue weighted by atomic mass is 10.2. The van der Waals surface area contributed by atoms with Crippen molar-refractivity contribution >= 4 is 17.5 Å². The van der Waals surface area contributed by atoms with E-state index in [1.807, 2.05) is 6.07 Å². The van der Waals surface area contributed by atoms with Crippen molar-refractivity contribution in [2.45, 2.75) is 33.9 Å². The van der Waals surface area contributed by atoms with Crippen LogP contribution < -0.4 is 10.1 Å². The summed E-state index contributed by atoms with van der Waals surface area (Å²) in [5, 5.41) is 7.56. The molecule has 0 bridgehead atoms. The molecule has 2 aromatic rings. The molecular formula is C16H21ClN4O2. The molecule has 0 aromatic carbocycles. The Morgan fingerprint density at radius 2 is 2.22 bits per heavy atom. The smallest absolute Gasteiger partial charge is 0.256 e. The van der Waals surface area contributed by atoms with Gasteiger partial charge >= 0.3 is 0 Å². The van der Waals surface area contributed by atoms with Gasteiger partial charge in [-0.1, -0.05) is 31.5 Å². The van der Waals surface area contributed by atoms with Crippen molar-refractivity contribution in [3.05, 3.63) is 40.3 Å². The summed E-state index contributed by atoms with van der Waals surface area (Å²) in [6.07, 6.45) is 1.64. The number of methoxy groups -OCH3 is 1. The van der Waals surface area contributed by atoms with Crippen LogP contribution in [0.4, 0.5) is 0 Å². The van der Waals surface area contributed by atoms with Crippen LogP contribution >= 0.6 is 11.6 Å². The summed E-state index contributed by atoms with van der Waals surface area (Å²) >= 11 is 6.31. The molecule has 23 heavy (non-hydrogen) atoms. The highest BCUT2D eigenvalue weighted by molar-refractivity contribution is 6.33. The SMILES string of the molecule is COc1ncccc1CNC(=O)c1c(C)nn(CC(C)C)c1Cl. The van der Waals surface area contributed by atoms with Gasteiger partial charge in [-0.15, -0.1) is 0 Å². The van der Waals surface area contributed by atoms with Crippen molar-refractivity contribution in [3.8, 4) is 5.88 Å². The Balaban J connectivity index is 2.13. The topological polar surface area (TPSA) is 69.0 Å². The van der Waals surface area contributed by atoms with E-state index in [0.717, 1.165) is 5.56 Å². The van der Waals surface area contributed by atoms with Crippen LogP contribution in [0.2, 0.25) is 5.15 Å². The van der Waals surface area contributed by atoms with Crippen LogP contribution in [0.25, 0.3) is 0 Å². The van der Waals surface area contributed by atoms with Gasteiger partial charge in [0.2, 0.25) is 5.88 Å². The molecule has 0 unspecified atom stereocenters. The molecule has 1 N–H and O–H groups in total. The first-order chi connectivity index (χ1) is 10.9. The van der Waals surface area contributed by atoms with E-state index in [9.17, 15) is 4.79 Å². The normalized spacial score (nSPS) is 10.9. The predicted molar refractivity (Wildman–Crippen MR) is 88.8 cm³/mol. The number of aromatic nitrogens is 3. The molecule has 2 aromatic heterocycles. The first-order valence-electron chi connectivity index (χ1n) is 7.43. The van der Waals surface area contributed by atoms with Gasteiger partial charge in [-0.25, -0.2) is 4.98 Å². The summed E-state index contributed by atoms with van der Waals surface area (Å²) in [5.74, 6) is 0.627. The number of carbonyl (C=O) groups excluding carboxylic acids is 1. The van der Waals surface area contributed by atoms with Crippen LogP contribution in [0.15, 0.2) is 18.3 Å². The lowest BCUT2D eigenvalue weighted by Gasteiger charge is -2.09. The maximum absolute atomic E-state index is 12.4. The predicted octanol–water partition coefficient (Wildman–Crippen LogP) is 2.83. The molecule has 2 rings (SSSR count). The van der Waals surface area contributed by atoms with Crippen molar-refractivity contribution in [3.63, 3.8) is 0 Å². The fraction of sp³-hybridized carbons (Fsp3) is 0.438. The first kappa shape index (κ1) is 17.3. The fourth-order valence-electron chi connectivity index (χ4n) is 2.28. The minimum absolute atomic E-state index is 0.256. The molecule has 0 fully saturated rings. The molecule has 7 heteroatoms. The number of pyridine rings is 1. The largest absolute Gasteiger partial charge is 0.481 e. The summed E-state index contributed by atoms with van der Waals surface area (Å²) < 4.78 is 6.84. The van der Waals surface area contributed by atoms with Crippen LogP contribution in [0, 0.1) is 12.8 Å². The Labute approximate surface area is 140 Å². The number of carbonyl (C=O) groups is 1. The molecule has 0 aliphatic rings. The standard InChI is InChI=1S/C16H21ClN4O2/c1-10(2)9-21-14(17)13(11(3)20-21)15(22)19-8-12-6-5-7-18-16(12)23-4/h5-7,10H,8-9H2,1-4H3,(H,19,22). The van der Waals surface area contributed by atoms with E-state index in [4.69, 9.17) is 16.3 Å². The second kappa shape index (κ2) is 7.46. The van der Waals surface area contributed by atoms with Crippen molar-refractivity contribution < 1.29 is 9.53 Å². The molecular weight excluding hydrogens is 316 g/mol. The molecule has 0 saturated heterocycles. The lowest BCUT2D eigenvalue weighted by molar-refractivity contribution is 0.0950. The van der Waals surface area contributed by atoms with Crippen LogP contribution in [0.5, 0.6) is 5.88 Å². The van der Waals surface area contributed by atoms with E-state index in [1.165, 1.54) is 0 Å². The Bertz CT molecular complexity index is 697. The molecule has 0 aliphatic carbocycles. The quantitative estimate of drug-likeness (QED) is 0.880. The zero-order valence-corrected chi connectivity index (χ0v) is 14.5. The van der Waals surface area contributed by atoms with Crippen molar-refractivity contribution in [1.29, 1.82) is 0 Å². The van der Waals surface area contributed by atoms with E-state index < -0.39 is 0 Å². The van der Waals surface area contributed by atoms with Crippen LogP contribution in [-0.4, -0.2) is 27.8 Å². The Morgan fingerprint density at radius 3 is 2.87 bits per heavy atom. The number of aryl methyl sites for hydroxylation is 1. The molecule has 6 nitrogen and oxygen atoms in total. The van der Waals surface area contributed by atoms with Gasteiger partial charge < -0.3 is 10.1 Å². The van der Waals surface area contributed by atoms with Gasteiger partial charge in [0, 0.05) is 24.8 Å². The average molecular weight is 337 g/mol. The second-order valence-electron chi connectivity index (χ2n) is 5.68. The minimum atomic E-state index is -0.256. The fourth-order valence-corrected chi connectivity index (χ4v) is 2.61. The van der Waals surface area contributed by atoms with Crippen LogP contribution in [-0.2, 0) is 13.1 Å². The van der Waals surface area contributed by atoms with Gasteiger partial charge in [-0.2, -0.15) is 5.10 Å². The average Bonchev–Trinajstić information content (AvgIpc) is 2.78. The third kappa shape index (κ3) is 4.01. The summed E-state index contributed by atoms with van der Waals surface area (Å²) in [5.41, 5.74) is 1.83. The highest BCUT2D eigenvalue weighted by Gasteiger charge is 2.20. The van der Waals surface area contributed by atoms with Crippen molar-refractivity contribution in [2.75, 3.05) is 7.11 Å². The van der Waals surface area contributed by atoms with Gasteiger partial charge in [0.05, 0.1) is 18.4 Å². The van der Waals surface area contributed by atoms with E-state index in [2.05, 4.69) is 29.2 Å². The lowest BCUT2D eigenvalue weighted by Crippen LogP contribution is -2.24. The monoisotopic (exact) mass is 336 g/mol. The summed E-state index contributed by atoms with van der Waals surface area (Å²) in [6.45, 7) is 6.90. The van der Waals surface area contributed by atoms with Crippen LogP contribution in [0.3, 0.4) is 0 Å². The van der Waals surface area contributed by atoms with E-state index in [-0.39, 0.29) is 5.91 Å². The zero-order valence-electron chi connectivity index (χ0n) is 13.8. The highest BCUT2D eigenvalue weighted by atomic mass is 35.5. The third-order valence-corrected chi connectivity index (χ3v) is 3.70. The first-order valence-corrected chi connectivity index (χ1v) is 7.80. The van der Waals surface area contributed by atoms with E-state index in [1.54, 1.807) is 31.0 Å². The van der Waals surface area contributed by atoms with E-state index in [0.29, 0.717) is 41.3 Å². The number of rotatable bonds is 6. The van der Waals surface area contributed by atoms with Gasteiger partial charge in [0.15, 0.2) is 0 Å². The zero-order chi connectivity index (χ0) is 17.0. The number of amides is 1. The van der Waals surface area contributed by atoms with E-state index >= 15 is 0 Å². The molecule has 2 heterocycles. The molecule has 1 amide bonds. The number of halogens is 1. The van der Waals surface area contributed by atoms with Gasteiger partial charge in [0.25, 0.3) is 5.91 Å². The maximum atomic E-state index is 12.4. The van der Waals surface area contributed by atoms with Gasteiger partial charge in [-0.05, 0) is 18.9 Å². The molecule has 124 valence electrons. The van der Waals surface area contributed by atoms with Crippen LogP contribution in [0.1, 0.15) is 35.5 Å². The number of hydrogen-bond donors (Lipinski definition) is 1. The number of nitrogens with one attached hydrogen (secondary N) is 1. The van der Waals surface area contributed by atoms with Crippen molar-refractivity contribution in [2.24, 2.45) is 5.92 Å². The highest BCUT2D eigenvalue weighted by Crippen LogP contribution is 2.21. The Kier molecular flexibility index (Phi) is 5.60. The van der Waals surface area contributed by atoms with Crippen molar-refractivity contribution in [1.82, 2.24) is 20.1 Å². The molecule has 0 saturated carbocycles. The molecule has 0 atom stereocenters. The third-order valence-electron chi connectivity index (χ3n) is 3.31. The summed E-state index contributed by atoms with van der Waals surface area (Å²) in [6, 6.07) is 3.64. The maximum Gasteiger partial charge on any atom is 0.256 e. The minimum Gasteiger partial charge on any atom is -0.481 e. The molecule has 0 spiro atoms. The summed E-state index contributed by atoms with van der Waals surface area (Å²) in [7, 11) is 1.55.